The van der Waals surface area contributed by atoms with E-state index in [4.69, 9.17) is 19.9 Å². The first-order valence-corrected chi connectivity index (χ1v) is 23.7. The molecule has 0 aliphatic carbocycles. The number of rotatable bonds is 32. The summed E-state index contributed by atoms with van der Waals surface area (Å²) in [7, 11) is 11.3. The van der Waals surface area contributed by atoms with Gasteiger partial charge in [-0.3, -0.25) is 38.4 Å². The van der Waals surface area contributed by atoms with Crippen LogP contribution in [0.3, 0.4) is 0 Å². The molecule has 7 N–H and O–H groups in total. The van der Waals surface area contributed by atoms with Crippen molar-refractivity contribution in [2.45, 2.75) is 108 Å². The average molecular weight is 996 g/mol. The fraction of sp³-hybridized carbons (Fsp3) is 0.580. The first-order valence-electron chi connectivity index (χ1n) is 23.7. The van der Waals surface area contributed by atoms with Crippen molar-refractivity contribution in [2.75, 3.05) is 75.6 Å². The first-order chi connectivity index (χ1) is 33.4. The Labute approximate surface area is 418 Å². The van der Waals surface area contributed by atoms with E-state index in [-0.39, 0.29) is 101 Å². The minimum Gasteiger partial charge on any atom is -0.493 e. The molecule has 0 aliphatic rings. The van der Waals surface area contributed by atoms with E-state index in [0.29, 0.717) is 29.8 Å². The van der Waals surface area contributed by atoms with Gasteiger partial charge in [-0.2, -0.15) is 0 Å². The molecule has 2 rings (SSSR count). The Kier molecular flexibility index (Phi) is 25.7. The number of nitrogens with one attached hydrogen (secondary N) is 5. The van der Waals surface area contributed by atoms with E-state index in [2.05, 4.69) is 26.6 Å². The summed E-state index contributed by atoms with van der Waals surface area (Å²) in [5, 5.41) is 13.7. The topological polar surface area (TPSA) is 277 Å². The molecule has 71 heavy (non-hydrogen) atoms. The molecule has 0 unspecified atom stereocenters. The molecule has 7 amide bonds. The van der Waals surface area contributed by atoms with Gasteiger partial charge in [-0.25, -0.2) is 0 Å². The average Bonchev–Trinajstić information content (AvgIpc) is 3.34. The first kappa shape index (κ1) is 60.5. The molecule has 3 atom stereocenters. The minimum absolute atomic E-state index is 0.0525. The number of amides is 7. The molecule has 0 aliphatic heterocycles. The highest BCUT2D eigenvalue weighted by Crippen LogP contribution is 2.30. The maximum absolute atomic E-state index is 13.5. The Balaban J connectivity index is 1.95. The van der Waals surface area contributed by atoms with Crippen molar-refractivity contribution in [3.63, 3.8) is 0 Å². The second kappa shape index (κ2) is 30.2. The Morgan fingerprint density at radius 3 is 1.80 bits per heavy atom. The summed E-state index contributed by atoms with van der Waals surface area (Å²) in [6.07, 6.45) is 2.16. The van der Waals surface area contributed by atoms with Crippen LogP contribution in [0.5, 0.6) is 11.5 Å². The Bertz CT molecular complexity index is 2040. The van der Waals surface area contributed by atoms with Gasteiger partial charge in [-0.1, -0.05) is 50.2 Å². The number of hydrogen-bond donors (Lipinski definition) is 6. The number of nitrogens with two attached hydrogens (primary N) is 1. The zero-order chi connectivity index (χ0) is 53.3. The van der Waals surface area contributed by atoms with Crippen molar-refractivity contribution in [1.29, 1.82) is 0 Å². The van der Waals surface area contributed by atoms with E-state index in [1.54, 1.807) is 74.3 Å². The minimum atomic E-state index is -1.39. The van der Waals surface area contributed by atoms with E-state index in [0.717, 1.165) is 5.56 Å². The maximum Gasteiger partial charge on any atom is 0.325 e. The molecular weight excluding hydrogens is 919 g/mol. The van der Waals surface area contributed by atoms with Gasteiger partial charge in [0.15, 0.2) is 11.5 Å². The summed E-state index contributed by atoms with van der Waals surface area (Å²) in [5.74, 6) is -2.71. The van der Waals surface area contributed by atoms with Gasteiger partial charge >= 0.3 is 5.97 Å². The molecule has 21 heteroatoms. The van der Waals surface area contributed by atoms with E-state index in [1.165, 1.54) is 28.7 Å². The van der Waals surface area contributed by atoms with Crippen LogP contribution >= 0.6 is 0 Å². The van der Waals surface area contributed by atoms with Crippen molar-refractivity contribution in [1.82, 2.24) is 41.3 Å². The summed E-state index contributed by atoms with van der Waals surface area (Å²) in [5.41, 5.74) is 4.93. The highest BCUT2D eigenvalue weighted by Gasteiger charge is 2.35. The molecule has 0 aromatic heterocycles. The molecule has 0 fully saturated rings. The fourth-order valence-electron chi connectivity index (χ4n) is 6.93. The van der Waals surface area contributed by atoms with Gasteiger partial charge in [-0.15, -0.1) is 0 Å². The molecule has 21 nitrogen and oxygen atoms in total. The van der Waals surface area contributed by atoms with E-state index >= 15 is 0 Å². The SMILES string of the molecule is COc1cc(COC(=O)CNC(=O)CNC(=O)[C@H](Cc2ccccc2)NC[C@](C)(C=O)NC(=O)[C@@H](N)C(C)C)ccc1OCCCC(=O)NC(CCC(=O)N(C)C)(CCC(=O)N(C)C)CCC(=O)N(C)C. The van der Waals surface area contributed by atoms with Crippen LogP contribution in [0.1, 0.15) is 83.3 Å². The monoisotopic (exact) mass is 996 g/mol. The number of carbonyl (C=O) groups is 9. The highest BCUT2D eigenvalue weighted by molar-refractivity contribution is 5.89. The predicted molar refractivity (Wildman–Crippen MR) is 266 cm³/mol. The van der Waals surface area contributed by atoms with Crippen molar-refractivity contribution in [2.24, 2.45) is 11.7 Å². The van der Waals surface area contributed by atoms with E-state index < -0.39 is 59.9 Å². The number of hydrogen-bond acceptors (Lipinski definition) is 14. The second-order valence-corrected chi connectivity index (χ2v) is 18.7. The van der Waals surface area contributed by atoms with Gasteiger partial charge in [0.25, 0.3) is 0 Å². The molecule has 0 heterocycles. The van der Waals surface area contributed by atoms with Crippen LogP contribution in [0.4, 0.5) is 0 Å². The van der Waals surface area contributed by atoms with Crippen LogP contribution in [0.15, 0.2) is 48.5 Å². The Hall–Kier alpha value is -6.61. The number of nitrogens with zero attached hydrogens (tertiary/aromatic N) is 3. The lowest BCUT2D eigenvalue weighted by atomic mass is 9.82. The van der Waals surface area contributed by atoms with Gasteiger partial charge < -0.3 is 66.0 Å². The lowest BCUT2D eigenvalue weighted by Gasteiger charge is -2.36. The quantitative estimate of drug-likeness (QED) is 0.0337. The molecule has 2 aromatic rings. The fourth-order valence-corrected chi connectivity index (χ4v) is 6.93. The van der Waals surface area contributed by atoms with Crippen molar-refractivity contribution in [3.8, 4) is 11.5 Å². The molecule has 2 aromatic carbocycles. The van der Waals surface area contributed by atoms with Crippen LogP contribution in [0.25, 0.3) is 0 Å². The third-order valence-electron chi connectivity index (χ3n) is 11.6. The third-order valence-corrected chi connectivity index (χ3v) is 11.6. The largest absolute Gasteiger partial charge is 0.493 e. The van der Waals surface area contributed by atoms with Gasteiger partial charge in [0.2, 0.25) is 41.4 Å². The van der Waals surface area contributed by atoms with Gasteiger partial charge in [0.05, 0.1) is 32.3 Å². The third kappa shape index (κ3) is 22.3. The van der Waals surface area contributed by atoms with E-state index in [1.807, 2.05) is 30.3 Å². The van der Waals surface area contributed by atoms with Crippen LogP contribution in [0.2, 0.25) is 0 Å². The van der Waals surface area contributed by atoms with Gasteiger partial charge in [0.1, 0.15) is 25.0 Å². The summed E-state index contributed by atoms with van der Waals surface area (Å²) in [4.78, 5) is 119. The molecular formula is C50H77N9O12. The summed E-state index contributed by atoms with van der Waals surface area (Å²) < 4.78 is 16.8. The van der Waals surface area contributed by atoms with Gasteiger partial charge in [0, 0.05) is 80.1 Å². The Morgan fingerprint density at radius 2 is 1.28 bits per heavy atom. The second-order valence-electron chi connectivity index (χ2n) is 18.7. The smallest absolute Gasteiger partial charge is 0.325 e. The van der Waals surface area contributed by atoms with Crippen molar-refractivity contribution >= 4 is 53.6 Å². The summed E-state index contributed by atoms with van der Waals surface area (Å²) >= 11 is 0. The molecule has 0 radical (unpaired) electrons. The van der Waals surface area contributed by atoms with Gasteiger partial charge in [-0.05, 0) is 68.2 Å². The lowest BCUT2D eigenvalue weighted by Crippen LogP contribution is -2.60. The molecule has 0 spiro atoms. The standard InChI is InChI=1S/C50H77N9O12/c1-34(2)46(51)48(68)56-49(3,33-60)32-54-37(27-35-15-12-11-13-16-35)47(67)53-29-41(62)52-30-45(66)71-31-36-18-19-38(39(28-36)69-10)70-26-14-17-40(61)55-50(23-20-42(63)57(4)5,24-21-43(64)58(6)7)25-22-44(65)59(8)9/h11-13,15-16,18-19,28,33-34,37,46,54H,14,17,20-27,29-32,51H2,1-10H3,(H,52,62)(H,53,67)(H,55,61)(H,56,68)/t37-,46-,49+/m0/s1. The van der Waals surface area contributed by atoms with E-state index in [9.17, 15) is 43.2 Å². The number of ether oxygens (including phenoxy) is 3. The van der Waals surface area contributed by atoms with Crippen LogP contribution in [-0.4, -0.2) is 167 Å². The Morgan fingerprint density at radius 1 is 0.704 bits per heavy atom. The molecule has 0 saturated carbocycles. The number of esters is 1. The normalized spacial score (nSPS) is 12.8. The van der Waals surface area contributed by atoms with Crippen LogP contribution in [-0.2, 0) is 60.9 Å². The number of aldehydes is 1. The lowest BCUT2D eigenvalue weighted by molar-refractivity contribution is -0.145. The number of carbonyl (C=O) groups excluding carboxylic acids is 9. The molecule has 0 bridgehead atoms. The van der Waals surface area contributed by atoms with Crippen LogP contribution in [0, 0.1) is 5.92 Å². The zero-order valence-corrected chi connectivity index (χ0v) is 43.1. The van der Waals surface area contributed by atoms with Crippen LogP contribution < -0.4 is 41.8 Å². The molecule has 394 valence electrons. The zero-order valence-electron chi connectivity index (χ0n) is 43.1. The summed E-state index contributed by atoms with van der Waals surface area (Å²) in [6, 6.07) is 12.2. The highest BCUT2D eigenvalue weighted by atomic mass is 16.5. The number of benzene rings is 2. The van der Waals surface area contributed by atoms with Crippen molar-refractivity contribution in [3.05, 3.63) is 59.7 Å². The van der Waals surface area contributed by atoms with Crippen molar-refractivity contribution < 1.29 is 57.4 Å². The summed E-state index contributed by atoms with van der Waals surface area (Å²) in [6.45, 7) is 3.95. The number of methoxy groups -OCH3 is 1. The predicted octanol–water partition coefficient (Wildman–Crippen LogP) is 0.848. The molecule has 0 saturated heterocycles. The maximum atomic E-state index is 13.5.